The number of carbonyl (C=O) groups is 2. The number of anilines is 1. The molecule has 0 saturated carbocycles. The molecular weight excluding hydrogens is 432 g/mol. The number of sulfonamides is 1. The van der Waals surface area contributed by atoms with Crippen molar-refractivity contribution in [2.75, 3.05) is 32.7 Å². The first-order chi connectivity index (χ1) is 14.3. The molecule has 2 aromatic rings. The lowest BCUT2D eigenvalue weighted by Gasteiger charge is -2.09. The topological polar surface area (TPSA) is 111 Å². The summed E-state index contributed by atoms with van der Waals surface area (Å²) < 4.78 is 36.6. The Balaban J connectivity index is 1.92. The molecule has 0 radical (unpaired) electrons. The van der Waals surface area contributed by atoms with E-state index in [0.717, 1.165) is 0 Å². The smallest absolute Gasteiger partial charge is 0.240 e. The van der Waals surface area contributed by atoms with Gasteiger partial charge in [0.2, 0.25) is 15.9 Å². The molecule has 10 heteroatoms. The van der Waals surface area contributed by atoms with Gasteiger partial charge in [0, 0.05) is 37.2 Å². The third-order valence-electron chi connectivity index (χ3n) is 4.09. The monoisotopic (exact) mass is 454 g/mol. The van der Waals surface area contributed by atoms with E-state index >= 15 is 0 Å². The molecule has 2 aromatic carbocycles. The van der Waals surface area contributed by atoms with Gasteiger partial charge in [-0.3, -0.25) is 9.59 Å². The molecule has 0 aliphatic heterocycles. The second kappa shape index (κ2) is 11.1. The molecule has 0 spiro atoms. The van der Waals surface area contributed by atoms with Crippen LogP contribution in [0.1, 0.15) is 23.2 Å². The van der Waals surface area contributed by atoms with Gasteiger partial charge in [0.1, 0.15) is 5.75 Å². The highest BCUT2D eigenvalue weighted by Gasteiger charge is 2.16. The third-order valence-corrected chi connectivity index (χ3v) is 5.80. The van der Waals surface area contributed by atoms with E-state index in [9.17, 15) is 18.0 Å². The van der Waals surface area contributed by atoms with Crippen molar-refractivity contribution in [3.8, 4) is 5.75 Å². The van der Waals surface area contributed by atoms with Gasteiger partial charge < -0.3 is 14.8 Å². The Morgan fingerprint density at radius 2 is 1.73 bits per heavy atom. The number of ketones is 1. The van der Waals surface area contributed by atoms with E-state index in [-0.39, 0.29) is 42.6 Å². The molecule has 0 aliphatic rings. The summed E-state index contributed by atoms with van der Waals surface area (Å²) in [6.07, 6.45) is -0.0778. The highest BCUT2D eigenvalue weighted by molar-refractivity contribution is 7.89. The Kier molecular flexibility index (Phi) is 8.79. The van der Waals surface area contributed by atoms with Crippen molar-refractivity contribution in [3.05, 3.63) is 53.1 Å². The van der Waals surface area contributed by atoms with Crippen LogP contribution in [-0.2, 0) is 19.6 Å². The van der Waals surface area contributed by atoms with Gasteiger partial charge in [0.15, 0.2) is 5.78 Å². The third kappa shape index (κ3) is 6.81. The predicted molar refractivity (Wildman–Crippen MR) is 114 cm³/mol. The molecule has 0 atom stereocenters. The molecule has 1 amide bonds. The standard InChI is InChI=1S/C20H23ClN2O6S/c1-28-12-11-22-30(26,27)16-6-4-15(5-7-16)23-20(25)10-8-18(24)17-13-14(21)3-9-19(17)29-2/h3-7,9,13,22H,8,10-12H2,1-2H3,(H,23,25). The average Bonchev–Trinajstić information content (AvgIpc) is 2.72. The fourth-order valence-electron chi connectivity index (χ4n) is 2.56. The molecule has 2 rings (SSSR count). The van der Waals surface area contributed by atoms with Crippen LogP contribution in [0.5, 0.6) is 5.75 Å². The molecule has 0 aromatic heterocycles. The summed E-state index contributed by atoms with van der Waals surface area (Å²) >= 11 is 5.93. The van der Waals surface area contributed by atoms with E-state index < -0.39 is 10.0 Å². The summed E-state index contributed by atoms with van der Waals surface area (Å²) in [7, 11) is -0.725. The highest BCUT2D eigenvalue weighted by atomic mass is 35.5. The zero-order valence-electron chi connectivity index (χ0n) is 16.6. The van der Waals surface area contributed by atoms with Crippen LogP contribution in [0.4, 0.5) is 5.69 Å². The van der Waals surface area contributed by atoms with Gasteiger partial charge in [-0.2, -0.15) is 0 Å². The number of hydrogen-bond acceptors (Lipinski definition) is 6. The number of Topliss-reactive ketones (excluding diaryl/α,β-unsaturated/α-hetero) is 1. The molecule has 162 valence electrons. The van der Waals surface area contributed by atoms with E-state index in [1.165, 1.54) is 44.6 Å². The van der Waals surface area contributed by atoms with Crippen LogP contribution in [0.15, 0.2) is 47.4 Å². The molecule has 0 unspecified atom stereocenters. The van der Waals surface area contributed by atoms with Crippen LogP contribution in [0.3, 0.4) is 0 Å². The van der Waals surface area contributed by atoms with Gasteiger partial charge in [0.05, 0.1) is 24.2 Å². The first-order valence-corrected chi connectivity index (χ1v) is 10.9. The van der Waals surface area contributed by atoms with Crippen LogP contribution in [-0.4, -0.2) is 47.5 Å². The number of methoxy groups -OCH3 is 2. The lowest BCUT2D eigenvalue weighted by molar-refractivity contribution is -0.116. The lowest BCUT2D eigenvalue weighted by atomic mass is 10.1. The molecule has 2 N–H and O–H groups in total. The average molecular weight is 455 g/mol. The number of carbonyl (C=O) groups excluding carboxylic acids is 2. The zero-order chi connectivity index (χ0) is 22.1. The van der Waals surface area contributed by atoms with Crippen LogP contribution in [0.25, 0.3) is 0 Å². The number of amides is 1. The van der Waals surface area contributed by atoms with E-state index in [4.69, 9.17) is 21.1 Å². The van der Waals surface area contributed by atoms with Crippen LogP contribution in [0, 0.1) is 0 Å². The lowest BCUT2D eigenvalue weighted by Crippen LogP contribution is -2.27. The fourth-order valence-corrected chi connectivity index (χ4v) is 3.75. The van der Waals surface area contributed by atoms with Crippen molar-refractivity contribution < 1.29 is 27.5 Å². The van der Waals surface area contributed by atoms with Crippen molar-refractivity contribution in [3.63, 3.8) is 0 Å². The number of rotatable bonds is 11. The Morgan fingerprint density at radius 3 is 2.37 bits per heavy atom. The molecule has 8 nitrogen and oxygen atoms in total. The summed E-state index contributed by atoms with van der Waals surface area (Å²) in [6.45, 7) is 0.413. The quantitative estimate of drug-likeness (QED) is 0.399. The van der Waals surface area contributed by atoms with Gasteiger partial charge in [-0.1, -0.05) is 11.6 Å². The summed E-state index contributed by atoms with van der Waals surface area (Å²) in [5.74, 6) is -0.257. The molecule has 0 saturated heterocycles. The van der Waals surface area contributed by atoms with Gasteiger partial charge in [-0.15, -0.1) is 0 Å². The van der Waals surface area contributed by atoms with Crippen LogP contribution in [0.2, 0.25) is 5.02 Å². The van der Waals surface area contributed by atoms with Gasteiger partial charge in [0.25, 0.3) is 0 Å². The molecule has 0 fully saturated rings. The Hall–Kier alpha value is -2.46. The normalized spacial score (nSPS) is 11.2. The minimum absolute atomic E-state index is 0.0293. The van der Waals surface area contributed by atoms with E-state index in [0.29, 0.717) is 22.0 Å². The van der Waals surface area contributed by atoms with Gasteiger partial charge in [-0.25, -0.2) is 13.1 Å². The molecule has 0 bridgehead atoms. The summed E-state index contributed by atoms with van der Waals surface area (Å²) in [5, 5.41) is 3.03. The second-order valence-corrected chi connectivity index (χ2v) is 8.43. The largest absolute Gasteiger partial charge is 0.496 e. The van der Waals surface area contributed by atoms with Gasteiger partial charge >= 0.3 is 0 Å². The molecule has 0 aliphatic carbocycles. The Morgan fingerprint density at radius 1 is 1.03 bits per heavy atom. The maximum absolute atomic E-state index is 12.4. The fraction of sp³-hybridized carbons (Fsp3) is 0.300. The minimum Gasteiger partial charge on any atom is -0.496 e. The van der Waals surface area contributed by atoms with Crippen molar-refractivity contribution >= 4 is 39.0 Å². The minimum atomic E-state index is -3.65. The zero-order valence-corrected chi connectivity index (χ0v) is 18.2. The van der Waals surface area contributed by atoms with Crippen molar-refractivity contribution in [2.45, 2.75) is 17.7 Å². The van der Waals surface area contributed by atoms with Crippen LogP contribution < -0.4 is 14.8 Å². The summed E-state index contributed by atoms with van der Waals surface area (Å²) in [5.41, 5.74) is 0.733. The van der Waals surface area contributed by atoms with Crippen molar-refractivity contribution in [2.24, 2.45) is 0 Å². The Bertz CT molecular complexity index is 993. The number of nitrogens with one attached hydrogen (secondary N) is 2. The summed E-state index contributed by atoms with van der Waals surface area (Å²) in [4.78, 5) is 24.6. The number of benzene rings is 2. The van der Waals surface area contributed by atoms with E-state index in [1.54, 1.807) is 12.1 Å². The molecular formula is C20H23ClN2O6S. The number of halogens is 1. The molecule has 30 heavy (non-hydrogen) atoms. The van der Waals surface area contributed by atoms with Crippen molar-refractivity contribution in [1.29, 1.82) is 0 Å². The number of hydrogen-bond donors (Lipinski definition) is 2. The number of ether oxygens (including phenoxy) is 2. The maximum atomic E-state index is 12.4. The van der Waals surface area contributed by atoms with Crippen LogP contribution >= 0.6 is 11.6 Å². The highest BCUT2D eigenvalue weighted by Crippen LogP contribution is 2.24. The molecule has 0 heterocycles. The van der Waals surface area contributed by atoms with E-state index in [2.05, 4.69) is 10.0 Å². The first kappa shape index (κ1) is 23.8. The maximum Gasteiger partial charge on any atom is 0.240 e. The van der Waals surface area contributed by atoms with Crippen molar-refractivity contribution in [1.82, 2.24) is 4.72 Å². The second-order valence-electron chi connectivity index (χ2n) is 6.23. The van der Waals surface area contributed by atoms with E-state index in [1.807, 2.05) is 0 Å². The predicted octanol–water partition coefficient (Wildman–Crippen LogP) is 2.87. The summed E-state index contributed by atoms with van der Waals surface area (Å²) in [6, 6.07) is 10.4. The Labute approximate surface area is 180 Å². The SMILES string of the molecule is COCCNS(=O)(=O)c1ccc(NC(=O)CCC(=O)c2cc(Cl)ccc2OC)cc1. The van der Waals surface area contributed by atoms with Gasteiger partial charge in [-0.05, 0) is 42.5 Å². The first-order valence-electron chi connectivity index (χ1n) is 9.02.